The number of hydrogen-bond acceptors (Lipinski definition) is 8. The molecule has 0 aliphatic rings. The van der Waals surface area contributed by atoms with E-state index >= 15 is 0 Å². The molecule has 1 unspecified atom stereocenters. The SMILES string of the molecule is CCC(C)CNC(=O)[C@H](CC(C)C)NC(=O)[C@H](C)C[C@H](O)[C@H](CC(C)C)NC(=O)[C@H](CCSC)NC(=O)OCCn1nc(C)cc1C(C)(C)C. The maximum Gasteiger partial charge on any atom is 0.407 e. The number of thioether (sulfide) groups is 1. The Balaban J connectivity index is 2.92. The number of ether oxygens (including phenoxy) is 1. The molecule has 1 aromatic rings. The van der Waals surface area contributed by atoms with Crippen LogP contribution < -0.4 is 21.3 Å². The maximum absolute atomic E-state index is 13.6. The van der Waals surface area contributed by atoms with Crippen LogP contribution in [0.2, 0.25) is 0 Å². The summed E-state index contributed by atoms with van der Waals surface area (Å²) in [5.74, 6) is -0.308. The van der Waals surface area contributed by atoms with Gasteiger partial charge in [0.25, 0.3) is 0 Å². The highest BCUT2D eigenvalue weighted by molar-refractivity contribution is 7.98. The molecule has 1 rings (SSSR count). The molecule has 50 heavy (non-hydrogen) atoms. The van der Waals surface area contributed by atoms with Crippen LogP contribution in [0.15, 0.2) is 6.07 Å². The molecule has 6 atom stereocenters. The molecule has 4 amide bonds. The Labute approximate surface area is 305 Å². The van der Waals surface area contributed by atoms with Crippen LogP contribution in [0.3, 0.4) is 0 Å². The van der Waals surface area contributed by atoms with Crippen molar-refractivity contribution in [1.29, 1.82) is 0 Å². The average molecular weight is 725 g/mol. The molecule has 0 saturated heterocycles. The number of nitrogens with zero attached hydrogens (tertiary/aromatic N) is 2. The molecule has 0 radical (unpaired) electrons. The van der Waals surface area contributed by atoms with Gasteiger partial charge < -0.3 is 31.1 Å². The predicted molar refractivity (Wildman–Crippen MR) is 202 cm³/mol. The lowest BCUT2D eigenvalue weighted by molar-refractivity contribution is -0.132. The predicted octanol–water partition coefficient (Wildman–Crippen LogP) is 4.95. The molecule has 13 heteroatoms. The van der Waals surface area contributed by atoms with Crippen molar-refractivity contribution in [2.45, 2.75) is 144 Å². The third kappa shape index (κ3) is 16.9. The van der Waals surface area contributed by atoms with Crippen molar-refractivity contribution in [1.82, 2.24) is 31.0 Å². The normalized spacial score (nSPS) is 15.5. The molecule has 5 N–H and O–H groups in total. The Kier molecular flexibility index (Phi) is 20.1. The van der Waals surface area contributed by atoms with Crippen molar-refractivity contribution in [3.05, 3.63) is 17.5 Å². The van der Waals surface area contributed by atoms with Crippen LogP contribution in [0.1, 0.15) is 113 Å². The lowest BCUT2D eigenvalue weighted by atomic mass is 9.91. The van der Waals surface area contributed by atoms with Crippen molar-refractivity contribution < 1.29 is 29.0 Å². The molecule has 1 heterocycles. The summed E-state index contributed by atoms with van der Waals surface area (Å²) in [5.41, 5.74) is 1.80. The molecule has 0 spiro atoms. The summed E-state index contributed by atoms with van der Waals surface area (Å²) in [4.78, 5) is 52.6. The van der Waals surface area contributed by atoms with E-state index in [1.165, 1.54) is 0 Å². The Morgan fingerprint density at radius 1 is 0.920 bits per heavy atom. The van der Waals surface area contributed by atoms with Crippen molar-refractivity contribution in [2.24, 2.45) is 23.7 Å². The van der Waals surface area contributed by atoms with Gasteiger partial charge in [0, 0.05) is 23.6 Å². The van der Waals surface area contributed by atoms with E-state index in [4.69, 9.17) is 4.74 Å². The third-order valence-electron chi connectivity index (χ3n) is 8.65. The van der Waals surface area contributed by atoms with Gasteiger partial charge in [0.05, 0.1) is 24.4 Å². The van der Waals surface area contributed by atoms with Crippen LogP contribution in [0.25, 0.3) is 0 Å². The summed E-state index contributed by atoms with van der Waals surface area (Å²) in [5, 5.41) is 27.4. The monoisotopic (exact) mass is 724 g/mol. The van der Waals surface area contributed by atoms with Gasteiger partial charge in [-0.05, 0) is 68.4 Å². The molecule has 1 aromatic heterocycles. The number of rotatable bonds is 22. The van der Waals surface area contributed by atoms with Crippen LogP contribution in [-0.2, 0) is 31.1 Å². The number of hydrogen-bond donors (Lipinski definition) is 5. The molecule has 12 nitrogen and oxygen atoms in total. The summed E-state index contributed by atoms with van der Waals surface area (Å²) >= 11 is 1.55. The van der Waals surface area contributed by atoms with E-state index in [1.54, 1.807) is 18.7 Å². The number of carbonyl (C=O) groups excluding carboxylic acids is 4. The third-order valence-corrected chi connectivity index (χ3v) is 9.29. The van der Waals surface area contributed by atoms with E-state index in [2.05, 4.69) is 61.0 Å². The van der Waals surface area contributed by atoms with E-state index in [9.17, 15) is 24.3 Å². The fourth-order valence-electron chi connectivity index (χ4n) is 5.53. The fraction of sp³-hybridized carbons (Fsp3) is 0.811. The smallest absolute Gasteiger partial charge is 0.407 e. The van der Waals surface area contributed by atoms with Crippen LogP contribution >= 0.6 is 11.8 Å². The number of carbonyl (C=O) groups is 4. The van der Waals surface area contributed by atoms with Gasteiger partial charge in [-0.15, -0.1) is 0 Å². The standard InChI is InChI=1S/C37H68N6O6S/c1-13-25(6)22-38-34(46)30(19-24(4)5)40-33(45)26(7)20-31(44)29(18-23(2)3)39-35(47)28(14-17-50-12)41-36(48)49-16-15-43-32(37(9,10)11)21-27(8)42-43/h21,23-26,28-31,44H,13-20,22H2,1-12H3,(H,38,46)(H,39,47)(H,40,45)(H,41,48)/t25?,26-,28+,29+,30+,31+/m1/s1. The topological polar surface area (TPSA) is 164 Å². The minimum absolute atomic E-state index is 0.0824. The summed E-state index contributed by atoms with van der Waals surface area (Å²) < 4.78 is 7.30. The molecule has 288 valence electrons. The highest BCUT2D eigenvalue weighted by Crippen LogP contribution is 2.23. The van der Waals surface area contributed by atoms with Crippen LogP contribution in [0, 0.1) is 30.6 Å². The molecular formula is C37H68N6O6S. The van der Waals surface area contributed by atoms with Crippen LogP contribution in [0.4, 0.5) is 4.79 Å². The maximum atomic E-state index is 13.6. The number of amides is 4. The first-order valence-electron chi connectivity index (χ1n) is 18.3. The summed E-state index contributed by atoms with van der Waals surface area (Å²) in [6, 6.07) is -0.183. The number of aliphatic hydroxyl groups excluding tert-OH is 1. The van der Waals surface area contributed by atoms with Gasteiger partial charge in [-0.1, -0.05) is 75.7 Å². The van der Waals surface area contributed by atoms with Crippen LogP contribution in [-0.4, -0.2) is 88.1 Å². The van der Waals surface area contributed by atoms with E-state index in [1.807, 2.05) is 51.6 Å². The highest BCUT2D eigenvalue weighted by atomic mass is 32.2. The van der Waals surface area contributed by atoms with Gasteiger partial charge in [0.15, 0.2) is 0 Å². The Bertz CT molecular complexity index is 1200. The average Bonchev–Trinajstić information content (AvgIpc) is 3.41. The largest absolute Gasteiger partial charge is 0.448 e. The molecule has 0 fully saturated rings. The second-order valence-electron chi connectivity index (χ2n) is 15.7. The van der Waals surface area contributed by atoms with Crippen molar-refractivity contribution in [3.63, 3.8) is 0 Å². The van der Waals surface area contributed by atoms with Crippen molar-refractivity contribution >= 4 is 35.6 Å². The van der Waals surface area contributed by atoms with Crippen LogP contribution in [0.5, 0.6) is 0 Å². The molecule has 0 aliphatic heterocycles. The number of alkyl carbamates (subject to hydrolysis) is 1. The lowest BCUT2D eigenvalue weighted by Gasteiger charge is -2.30. The number of nitrogens with one attached hydrogen (secondary N) is 4. The Morgan fingerprint density at radius 2 is 1.56 bits per heavy atom. The number of aryl methyl sites for hydroxylation is 1. The molecular weight excluding hydrogens is 657 g/mol. The fourth-order valence-corrected chi connectivity index (χ4v) is 6.00. The molecule has 0 aromatic carbocycles. The molecule has 0 bridgehead atoms. The second kappa shape index (κ2) is 22.2. The second-order valence-corrected chi connectivity index (χ2v) is 16.6. The first-order chi connectivity index (χ1) is 23.3. The summed E-state index contributed by atoms with van der Waals surface area (Å²) in [6.07, 6.45) is 2.53. The van der Waals surface area contributed by atoms with Gasteiger partial charge in [0.1, 0.15) is 18.7 Å². The highest BCUT2D eigenvalue weighted by Gasteiger charge is 2.31. The van der Waals surface area contributed by atoms with Gasteiger partial charge in [-0.3, -0.25) is 19.1 Å². The number of aromatic nitrogens is 2. The van der Waals surface area contributed by atoms with E-state index in [0.717, 1.165) is 17.8 Å². The minimum Gasteiger partial charge on any atom is -0.448 e. The van der Waals surface area contributed by atoms with Crippen molar-refractivity contribution in [3.8, 4) is 0 Å². The molecule has 0 saturated carbocycles. The zero-order chi connectivity index (χ0) is 38.2. The summed E-state index contributed by atoms with van der Waals surface area (Å²) in [6.45, 7) is 23.0. The summed E-state index contributed by atoms with van der Waals surface area (Å²) in [7, 11) is 0. The van der Waals surface area contributed by atoms with Gasteiger partial charge in [-0.25, -0.2) is 4.79 Å². The zero-order valence-corrected chi connectivity index (χ0v) is 33.7. The van der Waals surface area contributed by atoms with E-state index in [0.29, 0.717) is 44.0 Å². The quantitative estimate of drug-likeness (QED) is 0.112. The molecule has 0 aliphatic carbocycles. The Morgan fingerprint density at radius 3 is 2.12 bits per heavy atom. The number of aliphatic hydroxyl groups is 1. The zero-order valence-electron chi connectivity index (χ0n) is 32.9. The first-order valence-corrected chi connectivity index (χ1v) is 19.7. The minimum atomic E-state index is -1.03. The van der Waals surface area contributed by atoms with Gasteiger partial charge >= 0.3 is 6.09 Å². The van der Waals surface area contributed by atoms with E-state index in [-0.39, 0.29) is 42.1 Å². The first kappa shape index (κ1) is 45.2. The van der Waals surface area contributed by atoms with E-state index < -0.39 is 42.1 Å². The Hall–Kier alpha value is -2.80. The van der Waals surface area contributed by atoms with Gasteiger partial charge in [0.2, 0.25) is 17.7 Å². The lowest BCUT2D eigenvalue weighted by Crippen LogP contribution is -2.54. The van der Waals surface area contributed by atoms with Crippen molar-refractivity contribution in [2.75, 3.05) is 25.2 Å². The van der Waals surface area contributed by atoms with Gasteiger partial charge in [-0.2, -0.15) is 16.9 Å².